The molecular formula is C27H43N3O4. The van der Waals surface area contributed by atoms with Crippen LogP contribution in [0.4, 0.5) is 4.79 Å². The lowest BCUT2D eigenvalue weighted by atomic mass is 9.95. The highest BCUT2D eigenvalue weighted by Crippen LogP contribution is 2.37. The molecule has 2 unspecified atom stereocenters. The third kappa shape index (κ3) is 8.03. The summed E-state index contributed by atoms with van der Waals surface area (Å²) in [4.78, 5) is 41.9. The number of hydrogen-bond acceptors (Lipinski definition) is 4. The van der Waals surface area contributed by atoms with Gasteiger partial charge in [0.2, 0.25) is 11.8 Å². The van der Waals surface area contributed by atoms with E-state index in [1.54, 1.807) is 25.7 Å². The van der Waals surface area contributed by atoms with E-state index < -0.39 is 23.8 Å². The van der Waals surface area contributed by atoms with Gasteiger partial charge in [-0.1, -0.05) is 37.6 Å². The lowest BCUT2D eigenvalue weighted by molar-refractivity contribution is -0.143. The maximum atomic E-state index is 14.0. The molecule has 0 saturated heterocycles. The largest absolute Gasteiger partial charge is 0.444 e. The van der Waals surface area contributed by atoms with Gasteiger partial charge in [-0.2, -0.15) is 0 Å². The standard InChI is InChI=1S/C27H43N3O4/c1-16(2)14-22(29-26(33)34-27(7,8)9)25(32)30(20-12-13-20)23(24(31)28-17(3)4)21-15-18(5)10-11-19(21)6/h10-11,15-17,20,22-23H,12-14H2,1-9H3,(H,28,31)(H,29,33). The molecule has 0 aromatic heterocycles. The molecule has 7 nitrogen and oxygen atoms in total. The van der Waals surface area contributed by atoms with Crippen molar-refractivity contribution in [2.45, 2.75) is 111 Å². The van der Waals surface area contributed by atoms with E-state index in [1.165, 1.54) is 0 Å². The van der Waals surface area contributed by atoms with Crippen molar-refractivity contribution in [3.8, 4) is 0 Å². The summed E-state index contributed by atoms with van der Waals surface area (Å²) in [5.41, 5.74) is 2.12. The molecule has 2 atom stereocenters. The quantitative estimate of drug-likeness (QED) is 0.539. The second-order valence-electron chi connectivity index (χ2n) is 11.2. The van der Waals surface area contributed by atoms with E-state index in [2.05, 4.69) is 10.6 Å². The number of aryl methyl sites for hydroxylation is 2. The molecule has 7 heteroatoms. The molecule has 34 heavy (non-hydrogen) atoms. The number of amides is 3. The van der Waals surface area contributed by atoms with Crippen LogP contribution in [-0.2, 0) is 14.3 Å². The predicted molar refractivity (Wildman–Crippen MR) is 134 cm³/mol. The van der Waals surface area contributed by atoms with Crippen LogP contribution in [0.1, 0.15) is 90.5 Å². The van der Waals surface area contributed by atoms with Crippen molar-refractivity contribution in [1.29, 1.82) is 0 Å². The third-order valence-electron chi connectivity index (χ3n) is 5.58. The van der Waals surface area contributed by atoms with Gasteiger partial charge in [-0.15, -0.1) is 0 Å². The number of carbonyl (C=O) groups excluding carboxylic acids is 3. The van der Waals surface area contributed by atoms with Crippen molar-refractivity contribution >= 4 is 17.9 Å². The Balaban J connectivity index is 2.49. The van der Waals surface area contributed by atoms with Gasteiger partial charge in [0.25, 0.3) is 0 Å². The molecule has 1 aliphatic rings. The Labute approximate surface area is 205 Å². The molecule has 0 heterocycles. The number of hydrogen-bond donors (Lipinski definition) is 2. The van der Waals surface area contributed by atoms with Crippen LogP contribution in [0.25, 0.3) is 0 Å². The first-order valence-electron chi connectivity index (χ1n) is 12.4. The third-order valence-corrected chi connectivity index (χ3v) is 5.58. The molecule has 0 aliphatic heterocycles. The Kier molecular flexibility index (Phi) is 9.15. The van der Waals surface area contributed by atoms with E-state index in [0.29, 0.717) is 6.42 Å². The van der Waals surface area contributed by atoms with Crippen molar-refractivity contribution in [2.24, 2.45) is 5.92 Å². The summed E-state index contributed by atoms with van der Waals surface area (Å²) >= 11 is 0. The summed E-state index contributed by atoms with van der Waals surface area (Å²) in [6.45, 7) is 17.1. The van der Waals surface area contributed by atoms with E-state index >= 15 is 0 Å². The van der Waals surface area contributed by atoms with E-state index in [0.717, 1.165) is 29.5 Å². The molecule has 2 rings (SSSR count). The summed E-state index contributed by atoms with van der Waals surface area (Å²) in [5.74, 6) is -0.287. The Bertz CT molecular complexity index is 884. The fraction of sp³-hybridized carbons (Fsp3) is 0.667. The second-order valence-corrected chi connectivity index (χ2v) is 11.2. The lowest BCUT2D eigenvalue weighted by Gasteiger charge is -2.36. The summed E-state index contributed by atoms with van der Waals surface area (Å²) < 4.78 is 5.44. The maximum absolute atomic E-state index is 14.0. The first-order chi connectivity index (χ1) is 15.7. The number of benzene rings is 1. The van der Waals surface area contributed by atoms with Crippen molar-refractivity contribution in [1.82, 2.24) is 15.5 Å². The molecule has 3 amide bonds. The molecular weight excluding hydrogens is 430 g/mol. The number of rotatable bonds is 9. The zero-order valence-electron chi connectivity index (χ0n) is 22.3. The molecule has 0 radical (unpaired) electrons. The molecule has 190 valence electrons. The van der Waals surface area contributed by atoms with Gasteiger partial charge in [-0.05, 0) is 84.8 Å². The highest BCUT2D eigenvalue weighted by molar-refractivity contribution is 5.93. The normalized spacial score (nSPS) is 15.6. The van der Waals surface area contributed by atoms with Crippen molar-refractivity contribution < 1.29 is 19.1 Å². The van der Waals surface area contributed by atoms with Crippen LogP contribution in [-0.4, -0.2) is 46.5 Å². The van der Waals surface area contributed by atoms with Gasteiger partial charge in [0, 0.05) is 12.1 Å². The highest BCUT2D eigenvalue weighted by atomic mass is 16.6. The smallest absolute Gasteiger partial charge is 0.408 e. The summed E-state index contributed by atoms with van der Waals surface area (Å²) in [7, 11) is 0. The van der Waals surface area contributed by atoms with E-state index in [-0.39, 0.29) is 29.8 Å². The number of alkyl carbamates (subject to hydrolysis) is 1. The predicted octanol–water partition coefficient (Wildman–Crippen LogP) is 4.80. The maximum Gasteiger partial charge on any atom is 0.408 e. The molecule has 0 spiro atoms. The molecule has 1 aromatic rings. The summed E-state index contributed by atoms with van der Waals surface area (Å²) in [5, 5.41) is 5.81. The number of nitrogens with one attached hydrogen (secondary N) is 2. The van der Waals surface area contributed by atoms with Crippen LogP contribution in [0, 0.1) is 19.8 Å². The molecule has 1 saturated carbocycles. The fourth-order valence-electron chi connectivity index (χ4n) is 4.03. The number of ether oxygens (including phenoxy) is 1. The minimum Gasteiger partial charge on any atom is -0.444 e. The van der Waals surface area contributed by atoms with Crippen LogP contribution in [0.2, 0.25) is 0 Å². The monoisotopic (exact) mass is 473 g/mol. The first-order valence-corrected chi connectivity index (χ1v) is 12.4. The van der Waals surface area contributed by atoms with E-state index in [9.17, 15) is 14.4 Å². The Hall–Kier alpha value is -2.57. The van der Waals surface area contributed by atoms with Gasteiger partial charge < -0.3 is 20.3 Å². The van der Waals surface area contributed by atoms with Crippen molar-refractivity contribution in [3.63, 3.8) is 0 Å². The van der Waals surface area contributed by atoms with E-state index in [4.69, 9.17) is 4.74 Å². The number of nitrogens with zero attached hydrogens (tertiary/aromatic N) is 1. The molecule has 2 N–H and O–H groups in total. The molecule has 1 aliphatic carbocycles. The van der Waals surface area contributed by atoms with Gasteiger partial charge in [0.1, 0.15) is 17.7 Å². The van der Waals surface area contributed by atoms with Crippen LogP contribution < -0.4 is 10.6 Å². The minimum atomic E-state index is -0.782. The molecule has 1 fully saturated rings. The van der Waals surface area contributed by atoms with Gasteiger partial charge in [-0.25, -0.2) is 4.79 Å². The van der Waals surface area contributed by atoms with Crippen LogP contribution in [0.5, 0.6) is 0 Å². The van der Waals surface area contributed by atoms with Gasteiger partial charge in [0.15, 0.2) is 0 Å². The lowest BCUT2D eigenvalue weighted by Crippen LogP contribution is -2.54. The van der Waals surface area contributed by atoms with Crippen LogP contribution >= 0.6 is 0 Å². The fourth-order valence-corrected chi connectivity index (χ4v) is 4.03. The van der Waals surface area contributed by atoms with Gasteiger partial charge in [0.05, 0.1) is 0 Å². The highest BCUT2D eigenvalue weighted by Gasteiger charge is 2.44. The first kappa shape index (κ1) is 27.7. The molecule has 1 aromatic carbocycles. The number of carbonyl (C=O) groups is 3. The Morgan fingerprint density at radius 1 is 1.06 bits per heavy atom. The van der Waals surface area contributed by atoms with Crippen molar-refractivity contribution in [2.75, 3.05) is 0 Å². The zero-order valence-corrected chi connectivity index (χ0v) is 22.3. The summed E-state index contributed by atoms with van der Waals surface area (Å²) in [6.07, 6.45) is 1.50. The van der Waals surface area contributed by atoms with Gasteiger partial charge in [-0.3, -0.25) is 9.59 Å². The average molecular weight is 474 g/mol. The average Bonchev–Trinajstić information content (AvgIpc) is 3.49. The van der Waals surface area contributed by atoms with Crippen LogP contribution in [0.3, 0.4) is 0 Å². The van der Waals surface area contributed by atoms with Crippen molar-refractivity contribution in [3.05, 3.63) is 34.9 Å². The van der Waals surface area contributed by atoms with Gasteiger partial charge >= 0.3 is 6.09 Å². The van der Waals surface area contributed by atoms with Crippen LogP contribution in [0.15, 0.2) is 18.2 Å². The second kappa shape index (κ2) is 11.2. The summed E-state index contributed by atoms with van der Waals surface area (Å²) in [6, 6.07) is 4.33. The topological polar surface area (TPSA) is 87.7 Å². The molecule has 0 bridgehead atoms. The van der Waals surface area contributed by atoms with E-state index in [1.807, 2.05) is 59.7 Å². The Morgan fingerprint density at radius 3 is 2.18 bits per heavy atom. The zero-order chi connectivity index (χ0) is 25.8. The minimum absolute atomic E-state index is 0.0366. The Morgan fingerprint density at radius 2 is 1.68 bits per heavy atom. The SMILES string of the molecule is Cc1ccc(C)c(C(C(=O)NC(C)C)N(C(=O)C(CC(C)C)NC(=O)OC(C)(C)C)C2CC2)c1.